The van der Waals surface area contributed by atoms with Crippen molar-refractivity contribution < 1.29 is 26.0 Å². The summed E-state index contributed by atoms with van der Waals surface area (Å²) in [6, 6.07) is 0.333. The van der Waals surface area contributed by atoms with Crippen LogP contribution in [0, 0.1) is 0 Å². The Kier molecular flexibility index (Phi) is 126. The van der Waals surface area contributed by atoms with Gasteiger partial charge in [0, 0.05) is 12.7 Å². The van der Waals surface area contributed by atoms with Gasteiger partial charge in [0.05, 0.1) is 0 Å². The number of hydrogen-bond donors (Lipinski definition) is 5. The zero-order valence-corrected chi connectivity index (χ0v) is 24.0. The minimum absolute atomic E-state index is 0. The minimum Gasteiger partial charge on any atom is -0.412 e. The van der Waals surface area contributed by atoms with Gasteiger partial charge in [-0.15, -0.1) is 0 Å². The van der Waals surface area contributed by atoms with Gasteiger partial charge < -0.3 is 47.6 Å². The molecule has 32 heavy (non-hydrogen) atoms. The van der Waals surface area contributed by atoms with E-state index < -0.39 is 0 Å². The smallest absolute Gasteiger partial charge is 0.126 e. The van der Waals surface area contributed by atoms with Crippen molar-refractivity contribution in [3.8, 4) is 0 Å². The van der Waals surface area contributed by atoms with Gasteiger partial charge in [-0.3, -0.25) is 0 Å². The van der Waals surface area contributed by atoms with Crippen molar-refractivity contribution in [2.24, 2.45) is 11.5 Å². The molecule has 0 aliphatic rings. The molecule has 0 unspecified atom stereocenters. The lowest BCUT2D eigenvalue weighted by Gasteiger charge is -2.13. The molecule has 0 amide bonds. The van der Waals surface area contributed by atoms with E-state index in [0.717, 1.165) is 19.6 Å². The number of nitrogens with one attached hydrogen (secondary N) is 1. The first-order valence-corrected chi connectivity index (χ1v) is 11.4. The third-order valence-corrected chi connectivity index (χ3v) is 1.84. The van der Waals surface area contributed by atoms with Crippen LogP contribution in [0.15, 0.2) is 0 Å². The largest absolute Gasteiger partial charge is 0.412 e. The van der Waals surface area contributed by atoms with Crippen molar-refractivity contribution in [1.82, 2.24) is 10.2 Å². The highest BCUT2D eigenvalue weighted by molar-refractivity contribution is 5.72. The molecule has 0 aromatic carbocycles. The van der Waals surface area contributed by atoms with E-state index in [1.54, 1.807) is 20.8 Å². The summed E-state index contributed by atoms with van der Waals surface area (Å²) in [7, 11) is 0. The zero-order valence-electron chi connectivity index (χ0n) is 24.0. The molecule has 0 aliphatic carbocycles. The number of hydrogen-bond acceptors (Lipinski definition) is 7. The number of rotatable bonds is 5. The topological polar surface area (TPSA) is 188 Å². The highest BCUT2D eigenvalue weighted by atomic mass is 16.3. The molecule has 0 heterocycles. The van der Waals surface area contributed by atoms with Crippen molar-refractivity contribution in [3.05, 3.63) is 0 Å². The van der Waals surface area contributed by atoms with Gasteiger partial charge in [0.2, 0.25) is 0 Å². The predicted octanol–water partition coefficient (Wildman–Crippen LogP) is 1.61. The molecule has 0 radical (unpaired) electrons. The van der Waals surface area contributed by atoms with E-state index >= 15 is 0 Å². The molecule has 11 N–H and O–H groups in total. The van der Waals surface area contributed by atoms with E-state index in [2.05, 4.69) is 44.8 Å². The highest BCUT2D eigenvalue weighted by Crippen LogP contribution is 1.81. The number of carbonyl (C=O) groups is 1. The summed E-state index contributed by atoms with van der Waals surface area (Å²) >= 11 is 0. The fourth-order valence-electron chi connectivity index (χ4n) is 0.921. The average molecular weight is 479 g/mol. The molecule has 9 heteroatoms. The second-order valence-electron chi connectivity index (χ2n) is 6.55. The van der Waals surface area contributed by atoms with E-state index in [0.29, 0.717) is 6.04 Å². The van der Waals surface area contributed by atoms with E-state index in [9.17, 15) is 4.79 Å². The van der Waals surface area contributed by atoms with Gasteiger partial charge >= 0.3 is 0 Å². The van der Waals surface area contributed by atoms with Crippen LogP contribution in [-0.4, -0.2) is 89.9 Å². The van der Waals surface area contributed by atoms with Crippen molar-refractivity contribution >= 4 is 5.78 Å². The van der Waals surface area contributed by atoms with Gasteiger partial charge in [-0.25, -0.2) is 0 Å². The van der Waals surface area contributed by atoms with Gasteiger partial charge in [-0.2, -0.15) is 0 Å². The Balaban J connectivity index is -0.0000000278. The molecular weight excluding hydrogens is 412 g/mol. The first kappa shape index (κ1) is 57.8. The summed E-state index contributed by atoms with van der Waals surface area (Å²) in [6.45, 7) is 31.5. The Morgan fingerprint density at radius 2 is 0.969 bits per heavy atom. The van der Waals surface area contributed by atoms with Crippen LogP contribution in [0.2, 0.25) is 0 Å². The molecule has 0 saturated carbocycles. The van der Waals surface area contributed by atoms with Crippen molar-refractivity contribution in [3.63, 3.8) is 0 Å². The summed E-state index contributed by atoms with van der Waals surface area (Å²) in [5, 5.41) is 18.7. The fraction of sp³-hybridized carbons (Fsp3) is 0.957. The Bertz CT molecular complexity index is 207. The van der Waals surface area contributed by atoms with Crippen molar-refractivity contribution in [2.75, 3.05) is 45.9 Å². The third kappa shape index (κ3) is 437. The number of nitrogens with zero attached hydrogens (tertiary/aromatic N) is 1. The van der Waals surface area contributed by atoms with Gasteiger partial charge in [0.25, 0.3) is 0 Å². The maximum atomic E-state index is 9.44. The van der Waals surface area contributed by atoms with E-state index in [-0.39, 0.29) is 29.4 Å². The molecule has 0 aromatic rings. The average Bonchev–Trinajstić information content (AvgIpc) is 2.58. The summed E-state index contributed by atoms with van der Waals surface area (Å²) in [5.74, 6) is 0.167. The Labute approximate surface area is 202 Å². The second-order valence-corrected chi connectivity index (χ2v) is 6.55. The Morgan fingerprint density at radius 3 is 0.969 bits per heavy atom. The minimum atomic E-state index is -0.167. The van der Waals surface area contributed by atoms with Gasteiger partial charge in [0.15, 0.2) is 0 Å². The first-order chi connectivity index (χ1) is 13.8. The van der Waals surface area contributed by atoms with Gasteiger partial charge in [-0.05, 0) is 79.9 Å². The summed E-state index contributed by atoms with van der Waals surface area (Å²) in [5.41, 5.74) is 9.96. The van der Waals surface area contributed by atoms with Crippen LogP contribution in [0.25, 0.3) is 0 Å². The quantitative estimate of drug-likeness (QED) is 0.396. The van der Waals surface area contributed by atoms with E-state index in [1.165, 1.54) is 33.5 Å². The van der Waals surface area contributed by atoms with Gasteiger partial charge in [-0.1, -0.05) is 55.4 Å². The van der Waals surface area contributed by atoms with Crippen LogP contribution in [-0.2, 0) is 4.79 Å². The van der Waals surface area contributed by atoms with Crippen LogP contribution in [0.3, 0.4) is 0 Å². The number of ketones is 1. The van der Waals surface area contributed by atoms with Crippen LogP contribution >= 0.6 is 0 Å². The van der Waals surface area contributed by atoms with E-state index in [4.69, 9.17) is 21.7 Å². The number of nitrogens with two attached hydrogens (primary N) is 2. The van der Waals surface area contributed by atoms with Crippen LogP contribution in [0.4, 0.5) is 0 Å². The second kappa shape index (κ2) is 69.8. The monoisotopic (exact) mass is 479 g/mol. The SMILES string of the molecule is CC(C)=O.CC(C)N.CC(C)O.CCN.CCN(CC)CC.CCNCC.CCO.O.O. The van der Waals surface area contributed by atoms with Gasteiger partial charge in [0.1, 0.15) is 5.78 Å². The van der Waals surface area contributed by atoms with Crippen LogP contribution in [0.5, 0.6) is 0 Å². The first-order valence-electron chi connectivity index (χ1n) is 11.4. The molecule has 0 rings (SSSR count). The van der Waals surface area contributed by atoms with Crippen LogP contribution in [0.1, 0.15) is 90.0 Å². The maximum absolute atomic E-state index is 9.44. The number of carbonyl (C=O) groups excluding carboxylic acids is 1. The predicted molar refractivity (Wildman–Crippen MR) is 145 cm³/mol. The molecule has 0 spiro atoms. The molecule has 0 fully saturated rings. The number of Topliss-reactive ketones (excluding diaryl/α,β-unsaturated/α-hetero) is 1. The molecule has 0 aliphatic heterocycles. The lowest BCUT2D eigenvalue weighted by atomic mass is 10.5. The zero-order chi connectivity index (χ0) is 26.0. The molecule has 9 nitrogen and oxygen atoms in total. The van der Waals surface area contributed by atoms with E-state index in [1.807, 2.05) is 20.8 Å². The highest BCUT2D eigenvalue weighted by Gasteiger charge is 1.89. The standard InChI is InChI=1S/C6H15N.C4H11N.C3H9N.C3H8O.C3H6O.C2H7N.C2H6O.2H2O/c1-4-7(5-2)6-3;1-3-5-4-2;3*1-3(2)4;2*1-2-3;;/h4-6H2,1-3H3;5H,3-4H2,1-2H3;3H,4H2,1-2H3;3-4H,1-2H3;1-2H3;2-3H2,1H3;3H,2H2,1H3;2*1H2. The Morgan fingerprint density at radius 1 is 0.844 bits per heavy atom. The molecule has 0 bridgehead atoms. The molecular formula is C23H66N4O5. The number of aliphatic hydroxyl groups is 2. The third-order valence-electron chi connectivity index (χ3n) is 1.84. The fourth-order valence-corrected chi connectivity index (χ4v) is 0.921. The lowest BCUT2D eigenvalue weighted by Crippen LogP contribution is -2.21. The summed E-state index contributed by atoms with van der Waals surface area (Å²) in [6.07, 6.45) is -0.167. The van der Waals surface area contributed by atoms with Crippen LogP contribution < -0.4 is 16.8 Å². The maximum Gasteiger partial charge on any atom is 0.126 e. The number of aliphatic hydroxyl groups excluding tert-OH is 2. The summed E-state index contributed by atoms with van der Waals surface area (Å²) < 4.78 is 0. The lowest BCUT2D eigenvalue weighted by molar-refractivity contribution is -0.115. The molecule has 208 valence electrons. The normalized spacial score (nSPS) is 7.75. The molecule has 0 saturated heterocycles. The molecule has 0 aromatic heterocycles. The summed E-state index contributed by atoms with van der Waals surface area (Å²) in [4.78, 5) is 11.8. The Hall–Kier alpha value is -0.650. The molecule has 0 atom stereocenters. The van der Waals surface area contributed by atoms with Crippen molar-refractivity contribution in [1.29, 1.82) is 0 Å². The van der Waals surface area contributed by atoms with Crippen molar-refractivity contribution in [2.45, 2.75) is 102 Å².